The van der Waals surface area contributed by atoms with Crippen molar-refractivity contribution in [3.05, 3.63) is 6.20 Å². The van der Waals surface area contributed by atoms with Crippen LogP contribution in [0.25, 0.3) is 0 Å². The molecule has 0 saturated heterocycles. The highest BCUT2D eigenvalue weighted by molar-refractivity contribution is 6.30. The highest BCUT2D eigenvalue weighted by atomic mass is 15.4. The van der Waals surface area contributed by atoms with Crippen LogP contribution >= 0.6 is 0 Å². The minimum atomic E-state index is 0.961. The maximum Gasteiger partial charge on any atom is 0.251 e. The molecule has 0 unspecified atom stereocenters. The molecule has 34 valence electrons. The Bertz CT molecular complexity index is 143. The summed E-state index contributed by atoms with van der Waals surface area (Å²) >= 11 is 0. The molecule has 0 saturated carbocycles. The first kappa shape index (κ1) is 4.43. The molecule has 0 spiro atoms. The first-order chi connectivity index (χ1) is 3.29. The smallest absolute Gasteiger partial charge is 0.251 e. The highest BCUT2D eigenvalue weighted by Crippen LogP contribution is 1.61. The Balaban J connectivity index is 3.04. The average molecular weight is 92.7 g/mol. The minimum absolute atomic E-state index is 0.961. The van der Waals surface area contributed by atoms with Crippen LogP contribution < -0.4 is 5.59 Å². The number of rotatable bonds is 0. The molecule has 1 aromatic heterocycles. The van der Waals surface area contributed by atoms with Crippen LogP contribution in [0.5, 0.6) is 0 Å². The molecule has 0 amide bonds. The van der Waals surface area contributed by atoms with Crippen molar-refractivity contribution in [2.75, 3.05) is 0 Å². The van der Waals surface area contributed by atoms with E-state index in [0.29, 0.717) is 0 Å². The van der Waals surface area contributed by atoms with Gasteiger partial charge in [-0.2, -0.15) is 0 Å². The molecular weight excluding hydrogens is 87.7 g/mol. The van der Waals surface area contributed by atoms with Crippen LogP contribution in [0.15, 0.2) is 6.20 Å². The van der Waals surface area contributed by atoms with Crippen LogP contribution in [-0.4, -0.2) is 30.7 Å². The van der Waals surface area contributed by atoms with Crippen molar-refractivity contribution < 1.29 is 0 Å². The topological polar surface area (TPSA) is 30.7 Å². The molecule has 0 N–H and O–H groups in total. The van der Waals surface area contributed by atoms with Gasteiger partial charge in [-0.3, -0.25) is 0 Å². The maximum atomic E-state index is 3.73. The molecule has 0 aliphatic carbocycles. The van der Waals surface area contributed by atoms with Gasteiger partial charge in [0.25, 0.3) is 7.98 Å². The molecule has 0 atom stereocenters. The number of nitrogens with zero attached hydrogens (tertiary/aromatic N) is 3. The molecule has 1 rings (SSSR count). The summed E-state index contributed by atoms with van der Waals surface area (Å²) in [5.41, 5.74) is 0.961. The third kappa shape index (κ3) is 0.824. The van der Waals surface area contributed by atoms with Gasteiger partial charge in [0.1, 0.15) is 0 Å². The lowest BCUT2D eigenvalue weighted by atomic mass is 10.1. The molecule has 3 nitrogen and oxygen atoms in total. The highest BCUT2D eigenvalue weighted by Gasteiger charge is 1.83. The van der Waals surface area contributed by atoms with Crippen molar-refractivity contribution in [3.63, 3.8) is 0 Å². The second-order valence-electron chi connectivity index (χ2n) is 1.53. The van der Waals surface area contributed by atoms with E-state index in [1.807, 2.05) is 22.0 Å². The molecular formula is C2H5B2N3. The molecule has 0 fully saturated rings. The Morgan fingerprint density at radius 2 is 2.43 bits per heavy atom. The van der Waals surface area contributed by atoms with E-state index < -0.39 is 0 Å². The summed E-state index contributed by atoms with van der Waals surface area (Å²) in [6.07, 6.45) is 1.86. The summed E-state index contributed by atoms with van der Waals surface area (Å²) in [6, 6.07) is 0. The molecule has 1 aromatic rings. The van der Waals surface area contributed by atoms with Crippen LogP contribution in [0.3, 0.4) is 0 Å². The average Bonchev–Trinajstić information content (AvgIpc) is 1.87. The lowest BCUT2D eigenvalue weighted by Gasteiger charge is -1.75. The quantitative estimate of drug-likeness (QED) is 0.318. The third-order valence-corrected chi connectivity index (χ3v) is 0.717. The Labute approximate surface area is 43.6 Å². The van der Waals surface area contributed by atoms with Crippen molar-refractivity contribution in [3.8, 4) is 0 Å². The van der Waals surface area contributed by atoms with E-state index in [4.69, 9.17) is 0 Å². The predicted molar refractivity (Wildman–Crippen MR) is 32.1 cm³/mol. The Morgan fingerprint density at radius 3 is 2.57 bits per heavy atom. The van der Waals surface area contributed by atoms with E-state index in [1.54, 1.807) is 4.59 Å². The van der Waals surface area contributed by atoms with E-state index in [9.17, 15) is 0 Å². The van der Waals surface area contributed by atoms with Gasteiger partial charge in [0.2, 0.25) is 0 Å². The van der Waals surface area contributed by atoms with Crippen LogP contribution in [0.2, 0.25) is 0 Å². The van der Waals surface area contributed by atoms with Gasteiger partial charge in [-0.05, 0) is 0 Å². The first-order valence-electron chi connectivity index (χ1n) is 2.12. The Hall–Kier alpha value is -0.730. The fourth-order valence-corrected chi connectivity index (χ4v) is 0.463. The fraction of sp³-hybridized carbons (Fsp3) is 0. The van der Waals surface area contributed by atoms with Gasteiger partial charge in [-0.25, -0.2) is 0 Å². The van der Waals surface area contributed by atoms with Crippen molar-refractivity contribution >= 4 is 21.4 Å². The number of aromatic nitrogens is 3. The van der Waals surface area contributed by atoms with Gasteiger partial charge in [0, 0.05) is 11.8 Å². The van der Waals surface area contributed by atoms with Gasteiger partial charge in [-0.15, -0.1) is 5.10 Å². The van der Waals surface area contributed by atoms with Gasteiger partial charge in [-0.1, -0.05) is 5.21 Å². The van der Waals surface area contributed by atoms with Crippen molar-refractivity contribution in [1.29, 1.82) is 0 Å². The van der Waals surface area contributed by atoms with Gasteiger partial charge in [0.05, 0.1) is 0 Å². The van der Waals surface area contributed by atoms with Gasteiger partial charge >= 0.3 is 0 Å². The largest absolute Gasteiger partial charge is 0.307 e. The van der Waals surface area contributed by atoms with Crippen LogP contribution in [0, 0.1) is 0 Å². The van der Waals surface area contributed by atoms with Gasteiger partial charge in [0.15, 0.2) is 7.85 Å². The summed E-state index contributed by atoms with van der Waals surface area (Å²) in [5, 5.41) is 7.41. The summed E-state index contributed by atoms with van der Waals surface area (Å²) in [6.45, 7) is 0. The van der Waals surface area contributed by atoms with E-state index in [1.165, 1.54) is 0 Å². The summed E-state index contributed by atoms with van der Waals surface area (Å²) < 4.78 is 1.68. The summed E-state index contributed by atoms with van der Waals surface area (Å²) in [5.74, 6) is 0. The number of hydrogen-bond acceptors (Lipinski definition) is 2. The zero-order valence-electron chi connectivity index (χ0n) is 4.42. The summed E-state index contributed by atoms with van der Waals surface area (Å²) in [4.78, 5) is 0. The molecule has 0 bridgehead atoms. The number of hydrogen-bond donors (Lipinski definition) is 0. The SMILES string of the molecule is Bc1cn(B)nn1. The molecule has 5 heteroatoms. The second-order valence-corrected chi connectivity index (χ2v) is 1.53. The maximum absolute atomic E-state index is 3.73. The summed E-state index contributed by atoms with van der Waals surface area (Å²) in [7, 11) is 3.76. The van der Waals surface area contributed by atoms with E-state index >= 15 is 0 Å². The molecule has 0 aliphatic rings. The lowest BCUT2D eigenvalue weighted by Crippen LogP contribution is -2.00. The van der Waals surface area contributed by atoms with Crippen molar-refractivity contribution in [2.45, 2.75) is 0 Å². The lowest BCUT2D eigenvalue weighted by molar-refractivity contribution is 0.882. The van der Waals surface area contributed by atoms with E-state index in [0.717, 1.165) is 5.59 Å². The predicted octanol–water partition coefficient (Wildman–Crippen LogP) is -3.07. The third-order valence-electron chi connectivity index (χ3n) is 0.717. The fourth-order valence-electron chi connectivity index (χ4n) is 0.463. The molecule has 0 radical (unpaired) electrons. The second kappa shape index (κ2) is 1.40. The standard InChI is InChI=1S/C2H5B2N3/c3-2-1-7(4)6-5-2/h1H,3-4H2. The zero-order valence-corrected chi connectivity index (χ0v) is 4.42. The monoisotopic (exact) mass is 93.1 g/mol. The minimum Gasteiger partial charge on any atom is -0.307 e. The van der Waals surface area contributed by atoms with E-state index in [-0.39, 0.29) is 0 Å². The van der Waals surface area contributed by atoms with Crippen molar-refractivity contribution in [1.82, 2.24) is 14.9 Å². The Morgan fingerprint density at radius 1 is 1.71 bits per heavy atom. The first-order valence-corrected chi connectivity index (χ1v) is 2.12. The van der Waals surface area contributed by atoms with E-state index in [2.05, 4.69) is 10.3 Å². The van der Waals surface area contributed by atoms with Crippen LogP contribution in [0.4, 0.5) is 0 Å². The Kier molecular flexibility index (Phi) is 0.889. The molecule has 0 aliphatic heterocycles. The molecule has 1 heterocycles. The van der Waals surface area contributed by atoms with Gasteiger partial charge < -0.3 is 4.59 Å². The van der Waals surface area contributed by atoms with Crippen molar-refractivity contribution in [2.24, 2.45) is 0 Å². The van der Waals surface area contributed by atoms with Crippen LogP contribution in [-0.2, 0) is 0 Å². The zero-order chi connectivity index (χ0) is 5.28. The molecule has 0 aromatic carbocycles. The normalized spacial score (nSPS) is 9.14. The van der Waals surface area contributed by atoms with Crippen LogP contribution in [0.1, 0.15) is 0 Å². The molecule has 7 heavy (non-hydrogen) atoms.